The van der Waals surface area contributed by atoms with E-state index in [4.69, 9.17) is 21.9 Å². The summed E-state index contributed by atoms with van der Waals surface area (Å²) in [5, 5.41) is 7.95. The summed E-state index contributed by atoms with van der Waals surface area (Å²) >= 11 is 7.78. The van der Waals surface area contributed by atoms with Gasteiger partial charge in [0.25, 0.3) is 11.8 Å². The van der Waals surface area contributed by atoms with Crippen molar-refractivity contribution in [3.05, 3.63) is 56.6 Å². The molecule has 3 N–H and O–H groups in total. The van der Waals surface area contributed by atoms with Crippen LogP contribution < -0.4 is 11.1 Å². The highest BCUT2D eigenvalue weighted by molar-refractivity contribution is 7.17. The van der Waals surface area contributed by atoms with Gasteiger partial charge in [-0.05, 0) is 49.1 Å². The van der Waals surface area contributed by atoms with Crippen LogP contribution in [-0.2, 0) is 12.8 Å². The molecule has 0 saturated heterocycles. The molecular formula is C25H28ClN3O3S. The van der Waals surface area contributed by atoms with Crippen LogP contribution in [0.2, 0.25) is 5.02 Å². The molecule has 174 valence electrons. The molecule has 33 heavy (non-hydrogen) atoms. The fourth-order valence-electron chi connectivity index (χ4n) is 4.53. The minimum absolute atomic E-state index is 0.210. The second-order valence-electron chi connectivity index (χ2n) is 9.25. The zero-order valence-electron chi connectivity index (χ0n) is 19.3. The number of anilines is 1. The number of nitrogens with one attached hydrogen (secondary N) is 1. The number of primary amides is 1. The summed E-state index contributed by atoms with van der Waals surface area (Å²) in [5.41, 5.74) is 8.62. The van der Waals surface area contributed by atoms with Crippen LogP contribution in [0.1, 0.15) is 70.5 Å². The number of hydrogen-bond acceptors (Lipinski definition) is 5. The minimum Gasteiger partial charge on any atom is -0.365 e. The molecule has 0 radical (unpaired) electrons. The van der Waals surface area contributed by atoms with Crippen molar-refractivity contribution in [2.24, 2.45) is 17.1 Å². The van der Waals surface area contributed by atoms with E-state index in [1.165, 1.54) is 11.3 Å². The Balaban J connectivity index is 1.69. The topological polar surface area (TPSA) is 98.2 Å². The molecule has 0 spiro atoms. The van der Waals surface area contributed by atoms with Gasteiger partial charge in [0.05, 0.1) is 10.6 Å². The van der Waals surface area contributed by atoms with Gasteiger partial charge < -0.3 is 15.6 Å². The predicted octanol–water partition coefficient (Wildman–Crippen LogP) is 6.26. The first kappa shape index (κ1) is 23.5. The number of rotatable bonds is 6. The van der Waals surface area contributed by atoms with Crippen molar-refractivity contribution in [3.8, 4) is 11.3 Å². The Morgan fingerprint density at radius 3 is 2.70 bits per heavy atom. The number of nitrogens with zero attached hydrogens (tertiary/aromatic N) is 1. The Morgan fingerprint density at radius 2 is 2.03 bits per heavy atom. The molecule has 0 saturated carbocycles. The van der Waals surface area contributed by atoms with Gasteiger partial charge in [0, 0.05) is 10.4 Å². The van der Waals surface area contributed by atoms with Crippen LogP contribution in [0.25, 0.3) is 11.3 Å². The van der Waals surface area contributed by atoms with E-state index in [0.29, 0.717) is 38.5 Å². The van der Waals surface area contributed by atoms with E-state index in [1.54, 1.807) is 25.1 Å². The SMILES string of the molecule is CCC(C)(C)[C@H]1CCc2c(sc(NC(=O)c3c(-c4ccccc4Cl)noc3C)c2C(N)=O)C1. The van der Waals surface area contributed by atoms with Crippen molar-refractivity contribution in [3.63, 3.8) is 0 Å². The number of thiophene rings is 1. The molecule has 0 bridgehead atoms. The van der Waals surface area contributed by atoms with Crippen molar-refractivity contribution in [2.75, 3.05) is 5.32 Å². The molecule has 2 aromatic heterocycles. The highest BCUT2D eigenvalue weighted by atomic mass is 35.5. The number of hydrogen-bond donors (Lipinski definition) is 2. The molecule has 2 amide bonds. The average molecular weight is 486 g/mol. The molecule has 3 aromatic rings. The lowest BCUT2D eigenvalue weighted by Gasteiger charge is -2.36. The van der Waals surface area contributed by atoms with E-state index in [-0.39, 0.29) is 11.0 Å². The lowest BCUT2D eigenvalue weighted by atomic mass is 9.69. The number of aromatic nitrogens is 1. The maximum absolute atomic E-state index is 13.4. The highest BCUT2D eigenvalue weighted by Crippen LogP contribution is 2.45. The van der Waals surface area contributed by atoms with Gasteiger partial charge in [0.2, 0.25) is 0 Å². The molecule has 6 nitrogen and oxygen atoms in total. The second kappa shape index (κ2) is 8.95. The fourth-order valence-corrected chi connectivity index (χ4v) is 6.09. The van der Waals surface area contributed by atoms with Crippen LogP contribution in [0.4, 0.5) is 5.00 Å². The standard InChI is InChI=1S/C25H28ClN3O3S/c1-5-25(3,4)14-10-11-16-18(12-14)33-24(20(16)22(27)30)28-23(31)19-13(2)32-29-21(19)15-8-6-7-9-17(15)26/h6-9,14H,5,10-12H2,1-4H3,(H2,27,30)(H,28,31)/t14-/m0/s1. The minimum atomic E-state index is -0.524. The summed E-state index contributed by atoms with van der Waals surface area (Å²) in [6, 6.07) is 7.14. The molecule has 0 fully saturated rings. The Bertz CT molecular complexity index is 1230. The largest absolute Gasteiger partial charge is 0.365 e. The first-order valence-corrected chi connectivity index (χ1v) is 12.3. The Labute approximate surface area is 202 Å². The molecule has 1 aliphatic rings. The van der Waals surface area contributed by atoms with Crippen LogP contribution in [0, 0.1) is 18.3 Å². The molecule has 0 unspecified atom stereocenters. The van der Waals surface area contributed by atoms with Crippen molar-refractivity contribution in [2.45, 2.75) is 53.4 Å². The number of benzene rings is 1. The monoisotopic (exact) mass is 485 g/mol. The first-order chi connectivity index (χ1) is 15.6. The van der Waals surface area contributed by atoms with E-state index in [0.717, 1.165) is 36.1 Å². The smallest absolute Gasteiger partial charge is 0.262 e. The van der Waals surface area contributed by atoms with Gasteiger partial charge in [-0.1, -0.05) is 62.1 Å². The van der Waals surface area contributed by atoms with Crippen LogP contribution in [-0.4, -0.2) is 17.0 Å². The summed E-state index contributed by atoms with van der Waals surface area (Å²) in [4.78, 5) is 26.9. The number of carbonyl (C=O) groups excluding carboxylic acids is 2. The van der Waals surface area contributed by atoms with Gasteiger partial charge >= 0.3 is 0 Å². The van der Waals surface area contributed by atoms with Gasteiger partial charge in [-0.3, -0.25) is 9.59 Å². The zero-order valence-corrected chi connectivity index (χ0v) is 20.8. The quantitative estimate of drug-likeness (QED) is 0.430. The van der Waals surface area contributed by atoms with Gasteiger partial charge in [-0.15, -0.1) is 11.3 Å². The molecule has 8 heteroatoms. The summed E-state index contributed by atoms with van der Waals surface area (Å²) in [6.45, 7) is 8.47. The van der Waals surface area contributed by atoms with Crippen molar-refractivity contribution in [1.29, 1.82) is 0 Å². The van der Waals surface area contributed by atoms with Gasteiger partial charge in [0.1, 0.15) is 22.0 Å². The van der Waals surface area contributed by atoms with Gasteiger partial charge in [-0.2, -0.15) is 0 Å². The van der Waals surface area contributed by atoms with Gasteiger partial charge in [-0.25, -0.2) is 0 Å². The molecule has 2 heterocycles. The molecule has 1 aromatic carbocycles. The third kappa shape index (κ3) is 4.32. The van der Waals surface area contributed by atoms with E-state index in [9.17, 15) is 9.59 Å². The lowest BCUT2D eigenvalue weighted by Crippen LogP contribution is -2.29. The van der Waals surface area contributed by atoms with Crippen molar-refractivity contribution >= 4 is 39.8 Å². The van der Waals surface area contributed by atoms with Crippen LogP contribution in [0.5, 0.6) is 0 Å². The summed E-state index contributed by atoms with van der Waals surface area (Å²) in [7, 11) is 0. The normalized spacial score (nSPS) is 15.8. The summed E-state index contributed by atoms with van der Waals surface area (Å²) < 4.78 is 5.33. The van der Waals surface area contributed by atoms with Gasteiger partial charge in [0.15, 0.2) is 0 Å². The lowest BCUT2D eigenvalue weighted by molar-refractivity contribution is 0.0999. The average Bonchev–Trinajstić information content (AvgIpc) is 3.33. The summed E-state index contributed by atoms with van der Waals surface area (Å²) in [5.74, 6) is -0.0428. The fraction of sp³-hybridized carbons (Fsp3) is 0.400. The van der Waals surface area contributed by atoms with Crippen molar-refractivity contribution in [1.82, 2.24) is 5.16 Å². The Kier molecular flexibility index (Phi) is 6.38. The number of fused-ring (bicyclic) bond motifs is 1. The number of amides is 2. The highest BCUT2D eigenvalue weighted by Gasteiger charge is 2.35. The Morgan fingerprint density at radius 1 is 1.30 bits per heavy atom. The Hall–Kier alpha value is -2.64. The maximum Gasteiger partial charge on any atom is 0.262 e. The number of nitrogens with two attached hydrogens (primary N) is 1. The number of halogens is 1. The number of carbonyl (C=O) groups is 2. The second-order valence-corrected chi connectivity index (χ2v) is 10.8. The van der Waals surface area contributed by atoms with E-state index < -0.39 is 11.8 Å². The molecule has 4 rings (SSSR count). The molecule has 1 aliphatic carbocycles. The maximum atomic E-state index is 13.4. The summed E-state index contributed by atoms with van der Waals surface area (Å²) in [6.07, 6.45) is 3.75. The molecule has 1 atom stereocenters. The predicted molar refractivity (Wildman–Crippen MR) is 132 cm³/mol. The molecule has 0 aliphatic heterocycles. The van der Waals surface area contributed by atoms with E-state index in [1.807, 2.05) is 6.07 Å². The van der Waals surface area contributed by atoms with Crippen LogP contribution in [0.15, 0.2) is 28.8 Å². The van der Waals surface area contributed by atoms with Crippen molar-refractivity contribution < 1.29 is 14.1 Å². The van der Waals surface area contributed by atoms with E-state index >= 15 is 0 Å². The zero-order chi connectivity index (χ0) is 23.9. The first-order valence-electron chi connectivity index (χ1n) is 11.1. The van der Waals surface area contributed by atoms with E-state index in [2.05, 4.69) is 31.2 Å². The van der Waals surface area contributed by atoms with Crippen LogP contribution >= 0.6 is 22.9 Å². The third-order valence-electron chi connectivity index (χ3n) is 6.97. The van der Waals surface area contributed by atoms with Crippen LogP contribution in [0.3, 0.4) is 0 Å². The number of aryl methyl sites for hydroxylation is 1. The third-order valence-corrected chi connectivity index (χ3v) is 8.47. The molecular weight excluding hydrogens is 458 g/mol.